The molecule has 0 saturated heterocycles. The maximum absolute atomic E-state index is 13.1. The number of hydrogen-bond acceptors (Lipinski definition) is 4. The van der Waals surface area contributed by atoms with Gasteiger partial charge in [0.25, 0.3) is 0 Å². The van der Waals surface area contributed by atoms with Gasteiger partial charge in [-0.05, 0) is 36.7 Å². The van der Waals surface area contributed by atoms with Crippen LogP contribution < -0.4 is 0 Å². The Balaban J connectivity index is 2.39. The fraction of sp³-hybridized carbons (Fsp3) is 0.619. The Bertz CT molecular complexity index is 778. The van der Waals surface area contributed by atoms with Crippen molar-refractivity contribution in [1.82, 2.24) is 0 Å². The summed E-state index contributed by atoms with van der Waals surface area (Å²) in [5.41, 5.74) is 0. The molecule has 152 valence electrons. The van der Waals surface area contributed by atoms with Crippen LogP contribution in [-0.4, -0.2) is 34.0 Å². The van der Waals surface area contributed by atoms with Gasteiger partial charge in [0.05, 0.1) is 22.0 Å². The van der Waals surface area contributed by atoms with Crippen LogP contribution in [0.3, 0.4) is 0 Å². The first-order valence-electron chi connectivity index (χ1n) is 9.65. The van der Waals surface area contributed by atoms with Crippen molar-refractivity contribution in [3.05, 3.63) is 41.3 Å². The van der Waals surface area contributed by atoms with E-state index >= 15 is 0 Å². The number of aliphatic hydroxyl groups is 1. The Morgan fingerprint density at radius 2 is 1.67 bits per heavy atom. The monoisotopic (exact) mass is 410 g/mol. The minimum Gasteiger partial charge on any atom is -0.413 e. The highest BCUT2D eigenvalue weighted by Crippen LogP contribution is 2.41. The van der Waals surface area contributed by atoms with Crippen molar-refractivity contribution in [3.63, 3.8) is 0 Å². The van der Waals surface area contributed by atoms with E-state index in [-0.39, 0.29) is 22.0 Å². The molecule has 0 radical (unpaired) electrons. The summed E-state index contributed by atoms with van der Waals surface area (Å²) in [4.78, 5) is 0.570. The summed E-state index contributed by atoms with van der Waals surface area (Å²) in [6, 6.07) is 8.44. The Kier molecular flexibility index (Phi) is 6.47. The summed E-state index contributed by atoms with van der Waals surface area (Å²) in [6.45, 7) is 14.7. The van der Waals surface area contributed by atoms with Gasteiger partial charge < -0.3 is 9.53 Å². The van der Waals surface area contributed by atoms with Crippen molar-refractivity contribution in [2.24, 2.45) is 11.8 Å². The van der Waals surface area contributed by atoms with Crippen molar-refractivity contribution in [2.45, 2.75) is 76.3 Å². The molecule has 0 amide bonds. The van der Waals surface area contributed by atoms with Crippen molar-refractivity contribution in [2.75, 3.05) is 0 Å². The molecule has 0 spiro atoms. The lowest BCUT2D eigenvalue weighted by molar-refractivity contribution is 0.0149. The molecule has 27 heavy (non-hydrogen) atoms. The molecule has 6 heteroatoms. The lowest BCUT2D eigenvalue weighted by Crippen LogP contribution is -2.47. The second-order valence-electron chi connectivity index (χ2n) is 9.21. The fourth-order valence-electron chi connectivity index (χ4n) is 3.28. The molecule has 1 aromatic rings. The molecule has 0 fully saturated rings. The Hall–Kier alpha value is -0.953. The van der Waals surface area contributed by atoms with E-state index in [0.29, 0.717) is 11.3 Å². The number of hydrogen-bond donors (Lipinski definition) is 1. The van der Waals surface area contributed by atoms with Crippen molar-refractivity contribution >= 4 is 18.2 Å². The van der Waals surface area contributed by atoms with Crippen LogP contribution >= 0.6 is 0 Å². The van der Waals surface area contributed by atoms with Crippen LogP contribution in [0.1, 0.15) is 41.0 Å². The number of rotatable bonds is 4. The summed E-state index contributed by atoms with van der Waals surface area (Å²) in [5, 5.41) is 11.0. The molecule has 1 aromatic carbocycles. The molecule has 0 aliphatic heterocycles. The Morgan fingerprint density at radius 1 is 1.11 bits per heavy atom. The highest BCUT2D eigenvalue weighted by Gasteiger charge is 2.43. The predicted octanol–water partition coefficient (Wildman–Crippen LogP) is 4.77. The topological polar surface area (TPSA) is 63.6 Å². The molecule has 0 aromatic heterocycles. The zero-order valence-corrected chi connectivity index (χ0v) is 19.4. The number of aliphatic hydroxyl groups excluding tert-OH is 1. The first kappa shape index (κ1) is 22.3. The molecule has 4 atom stereocenters. The van der Waals surface area contributed by atoms with Gasteiger partial charge in [-0.1, -0.05) is 58.9 Å². The number of sulfone groups is 1. The summed E-state index contributed by atoms with van der Waals surface area (Å²) in [7, 11) is -5.66. The lowest BCUT2D eigenvalue weighted by Gasteiger charge is -2.41. The molecule has 0 bridgehead atoms. The van der Waals surface area contributed by atoms with Gasteiger partial charge >= 0.3 is 0 Å². The zero-order valence-electron chi connectivity index (χ0n) is 17.6. The summed E-state index contributed by atoms with van der Waals surface area (Å²) >= 11 is 0. The standard InChI is InChI=1S/C21H34O4SSi/c1-15-18(25-27(6,7)21(3,4)5)13-14-19(16(2)20(15)22)26(23,24)17-11-9-8-10-12-17/h8-12,14-16,18,20,22H,13H2,1-7H3/t15-,16-,18+,20-/m0/s1. The highest BCUT2D eigenvalue weighted by molar-refractivity contribution is 7.95. The van der Waals surface area contributed by atoms with Gasteiger partial charge in [0, 0.05) is 11.8 Å². The molecule has 1 aliphatic rings. The molecule has 4 nitrogen and oxygen atoms in total. The Morgan fingerprint density at radius 3 is 2.19 bits per heavy atom. The van der Waals surface area contributed by atoms with E-state index in [0.717, 1.165) is 0 Å². The van der Waals surface area contributed by atoms with Crippen LogP contribution in [0.5, 0.6) is 0 Å². The quantitative estimate of drug-likeness (QED) is 0.726. The summed E-state index contributed by atoms with van der Waals surface area (Å²) in [5.74, 6) is -0.618. The molecule has 1 aliphatic carbocycles. The van der Waals surface area contributed by atoms with Gasteiger partial charge in [-0.2, -0.15) is 0 Å². The van der Waals surface area contributed by atoms with Gasteiger partial charge in [-0.3, -0.25) is 0 Å². The highest BCUT2D eigenvalue weighted by atomic mass is 32.2. The van der Waals surface area contributed by atoms with Gasteiger partial charge in [0.15, 0.2) is 8.32 Å². The van der Waals surface area contributed by atoms with Gasteiger partial charge in [-0.15, -0.1) is 0 Å². The molecule has 0 saturated carbocycles. The van der Waals surface area contributed by atoms with Crippen LogP contribution in [0.15, 0.2) is 46.2 Å². The third kappa shape index (κ3) is 4.55. The van der Waals surface area contributed by atoms with Crippen LogP contribution in [0.25, 0.3) is 0 Å². The number of benzene rings is 1. The minimum atomic E-state index is -3.63. The smallest absolute Gasteiger partial charge is 0.202 e. The van der Waals surface area contributed by atoms with E-state index in [1.807, 2.05) is 6.92 Å². The largest absolute Gasteiger partial charge is 0.413 e. The lowest BCUT2D eigenvalue weighted by atomic mass is 9.91. The van der Waals surface area contributed by atoms with Crippen molar-refractivity contribution in [3.8, 4) is 0 Å². The normalized spacial score (nSPS) is 27.8. The SMILES string of the molecule is C[C@@H]1[C@H](O)[C@@H](C)C(S(=O)(=O)c2ccccc2)=CC[C@H]1O[Si](C)(C)C(C)(C)C. The van der Waals surface area contributed by atoms with Gasteiger partial charge in [0.1, 0.15) is 0 Å². The van der Waals surface area contributed by atoms with Crippen LogP contribution in [0, 0.1) is 11.8 Å². The average molecular weight is 411 g/mol. The van der Waals surface area contributed by atoms with E-state index in [1.54, 1.807) is 43.3 Å². The van der Waals surface area contributed by atoms with Crippen LogP contribution in [0.2, 0.25) is 18.1 Å². The molecule has 2 rings (SSSR count). The summed E-state index contributed by atoms with van der Waals surface area (Å²) in [6.07, 6.45) is 1.31. The maximum Gasteiger partial charge on any atom is 0.202 e. The van der Waals surface area contributed by atoms with E-state index in [2.05, 4.69) is 33.9 Å². The molecular formula is C21H34O4SSi. The van der Waals surface area contributed by atoms with Gasteiger partial charge in [-0.25, -0.2) is 8.42 Å². The molecule has 1 N–H and O–H groups in total. The van der Waals surface area contributed by atoms with Crippen LogP contribution in [0.4, 0.5) is 0 Å². The van der Waals surface area contributed by atoms with E-state index < -0.39 is 30.2 Å². The molecular weight excluding hydrogens is 376 g/mol. The first-order chi connectivity index (χ1) is 12.3. The van der Waals surface area contributed by atoms with E-state index in [9.17, 15) is 13.5 Å². The van der Waals surface area contributed by atoms with Crippen molar-refractivity contribution in [1.29, 1.82) is 0 Å². The average Bonchev–Trinajstić information content (AvgIpc) is 2.67. The fourth-order valence-corrected chi connectivity index (χ4v) is 6.43. The second-order valence-corrected chi connectivity index (χ2v) is 15.9. The summed E-state index contributed by atoms with van der Waals surface area (Å²) < 4.78 is 32.8. The molecule has 0 heterocycles. The van der Waals surface area contributed by atoms with E-state index in [4.69, 9.17) is 4.43 Å². The maximum atomic E-state index is 13.1. The third-order valence-electron chi connectivity index (χ3n) is 6.25. The van der Waals surface area contributed by atoms with Crippen LogP contribution in [-0.2, 0) is 14.3 Å². The first-order valence-corrected chi connectivity index (χ1v) is 14.0. The zero-order chi connectivity index (χ0) is 20.6. The van der Waals surface area contributed by atoms with Crippen molar-refractivity contribution < 1.29 is 18.0 Å². The minimum absolute atomic E-state index is 0.0538. The Labute approximate surface area is 165 Å². The predicted molar refractivity (Wildman–Crippen MR) is 113 cm³/mol. The third-order valence-corrected chi connectivity index (χ3v) is 12.8. The second kappa shape index (κ2) is 7.82. The van der Waals surface area contributed by atoms with E-state index in [1.165, 1.54) is 0 Å². The van der Waals surface area contributed by atoms with Gasteiger partial charge in [0.2, 0.25) is 9.84 Å². The molecule has 0 unspecified atom stereocenters.